The van der Waals surface area contributed by atoms with Crippen molar-refractivity contribution in [3.63, 3.8) is 0 Å². The molecule has 0 radical (unpaired) electrons. The average Bonchev–Trinajstić information content (AvgIpc) is 2.59. The molecular weight excluding hydrogens is 316 g/mol. The summed E-state index contributed by atoms with van der Waals surface area (Å²) >= 11 is 5.94. The van der Waals surface area contributed by atoms with Gasteiger partial charge in [-0.25, -0.2) is 4.79 Å². The van der Waals surface area contributed by atoms with Crippen molar-refractivity contribution in [1.29, 1.82) is 0 Å². The minimum atomic E-state index is -0.440. The topological polar surface area (TPSA) is 44.8 Å². The van der Waals surface area contributed by atoms with Crippen LogP contribution in [0.1, 0.15) is 11.1 Å². The minimum Gasteiger partial charge on any atom is -0.493 e. The molecule has 0 saturated heterocycles. The van der Waals surface area contributed by atoms with Crippen LogP contribution in [-0.4, -0.2) is 27.3 Å². The normalized spacial score (nSPS) is 11.0. The number of carbonyl (C=O) groups is 1. The largest absolute Gasteiger partial charge is 0.493 e. The van der Waals surface area contributed by atoms with E-state index in [1.54, 1.807) is 32.4 Å². The fraction of sp³-hybridized carbons (Fsp3) is 0.167. The molecule has 0 spiro atoms. The number of halogens is 1. The molecule has 0 atom stereocenters. The van der Waals surface area contributed by atoms with Crippen LogP contribution in [0.4, 0.5) is 0 Å². The summed E-state index contributed by atoms with van der Waals surface area (Å²) in [6, 6.07) is 12.7. The van der Waals surface area contributed by atoms with Crippen LogP contribution >= 0.6 is 11.6 Å². The number of ether oxygens (including phenoxy) is 3. The van der Waals surface area contributed by atoms with E-state index in [9.17, 15) is 4.79 Å². The molecule has 0 fully saturated rings. The van der Waals surface area contributed by atoms with E-state index in [1.165, 1.54) is 13.2 Å². The van der Waals surface area contributed by atoms with Crippen LogP contribution in [0.3, 0.4) is 0 Å². The lowest BCUT2D eigenvalue weighted by atomic mass is 9.97. The fourth-order valence-corrected chi connectivity index (χ4v) is 2.27. The summed E-state index contributed by atoms with van der Waals surface area (Å²) < 4.78 is 15.3. The maximum atomic E-state index is 11.7. The molecule has 0 unspecified atom stereocenters. The van der Waals surface area contributed by atoms with E-state index >= 15 is 0 Å². The maximum Gasteiger partial charge on any atom is 0.331 e. The molecule has 0 heterocycles. The Labute approximate surface area is 140 Å². The molecule has 0 saturated carbocycles. The SMILES string of the molecule is COC(=O)/C=C(\c1ccc(Cl)cc1)c1ccc(OC)c(OC)c1. The quantitative estimate of drug-likeness (QED) is 0.614. The molecule has 120 valence electrons. The Morgan fingerprint density at radius 1 is 0.913 bits per heavy atom. The number of rotatable bonds is 5. The zero-order valence-electron chi connectivity index (χ0n) is 13.1. The molecule has 0 aliphatic carbocycles. The molecule has 0 aliphatic heterocycles. The highest BCUT2D eigenvalue weighted by atomic mass is 35.5. The lowest BCUT2D eigenvalue weighted by molar-refractivity contribution is -0.134. The number of benzene rings is 2. The highest BCUT2D eigenvalue weighted by molar-refractivity contribution is 6.30. The van der Waals surface area contributed by atoms with Gasteiger partial charge in [-0.15, -0.1) is 0 Å². The number of methoxy groups -OCH3 is 3. The fourth-order valence-electron chi connectivity index (χ4n) is 2.14. The van der Waals surface area contributed by atoms with Gasteiger partial charge in [-0.3, -0.25) is 0 Å². The van der Waals surface area contributed by atoms with E-state index in [0.29, 0.717) is 22.1 Å². The molecule has 2 aromatic rings. The Hall–Kier alpha value is -2.46. The van der Waals surface area contributed by atoms with Crippen LogP contribution in [0, 0.1) is 0 Å². The Balaban J connectivity index is 2.56. The van der Waals surface area contributed by atoms with Gasteiger partial charge in [-0.05, 0) is 41.0 Å². The third-order valence-electron chi connectivity index (χ3n) is 3.31. The summed E-state index contributed by atoms with van der Waals surface area (Å²) in [4.78, 5) is 11.7. The molecule has 5 heteroatoms. The Morgan fingerprint density at radius 3 is 2.09 bits per heavy atom. The molecule has 0 aromatic heterocycles. The first-order valence-electron chi connectivity index (χ1n) is 6.87. The van der Waals surface area contributed by atoms with Crippen LogP contribution in [0.25, 0.3) is 5.57 Å². The number of carbonyl (C=O) groups excluding carboxylic acids is 1. The first kappa shape index (κ1) is 16.9. The van der Waals surface area contributed by atoms with Crippen molar-refractivity contribution >= 4 is 23.1 Å². The van der Waals surface area contributed by atoms with Gasteiger partial charge in [0.15, 0.2) is 11.5 Å². The van der Waals surface area contributed by atoms with Crippen LogP contribution in [0.2, 0.25) is 5.02 Å². The van der Waals surface area contributed by atoms with Gasteiger partial charge < -0.3 is 14.2 Å². The molecule has 4 nitrogen and oxygen atoms in total. The molecule has 23 heavy (non-hydrogen) atoms. The van der Waals surface area contributed by atoms with Crippen molar-refractivity contribution in [3.05, 3.63) is 64.7 Å². The first-order valence-corrected chi connectivity index (χ1v) is 7.24. The van der Waals surface area contributed by atoms with Gasteiger partial charge in [-0.2, -0.15) is 0 Å². The van der Waals surface area contributed by atoms with E-state index < -0.39 is 5.97 Å². The van der Waals surface area contributed by atoms with Crippen LogP contribution in [0.5, 0.6) is 11.5 Å². The Kier molecular flexibility index (Phi) is 5.66. The van der Waals surface area contributed by atoms with Gasteiger partial charge in [0, 0.05) is 11.1 Å². The van der Waals surface area contributed by atoms with Crippen molar-refractivity contribution in [2.24, 2.45) is 0 Å². The highest BCUT2D eigenvalue weighted by Gasteiger charge is 2.12. The van der Waals surface area contributed by atoms with Gasteiger partial charge in [-0.1, -0.05) is 29.8 Å². The lowest BCUT2D eigenvalue weighted by Crippen LogP contribution is -1.99. The van der Waals surface area contributed by atoms with E-state index in [-0.39, 0.29) is 0 Å². The predicted molar refractivity (Wildman–Crippen MR) is 90.1 cm³/mol. The maximum absolute atomic E-state index is 11.7. The summed E-state index contributed by atoms with van der Waals surface area (Å²) in [5, 5.41) is 0.624. The van der Waals surface area contributed by atoms with E-state index in [1.807, 2.05) is 24.3 Å². The summed E-state index contributed by atoms with van der Waals surface area (Å²) in [7, 11) is 4.47. The molecule has 0 aliphatic rings. The van der Waals surface area contributed by atoms with Crippen LogP contribution < -0.4 is 9.47 Å². The van der Waals surface area contributed by atoms with Crippen LogP contribution in [-0.2, 0) is 9.53 Å². The van der Waals surface area contributed by atoms with Gasteiger partial charge in [0.1, 0.15) is 0 Å². The summed E-state index contributed by atoms with van der Waals surface area (Å²) in [6.07, 6.45) is 1.44. The number of esters is 1. The molecule has 2 rings (SSSR count). The summed E-state index contributed by atoms with van der Waals surface area (Å²) in [5.41, 5.74) is 2.34. The third kappa shape index (κ3) is 4.05. The van der Waals surface area contributed by atoms with Gasteiger partial charge >= 0.3 is 5.97 Å². The molecule has 0 amide bonds. The second-order valence-corrected chi connectivity index (χ2v) is 5.09. The van der Waals surface area contributed by atoms with Crippen molar-refractivity contribution < 1.29 is 19.0 Å². The van der Waals surface area contributed by atoms with Crippen molar-refractivity contribution in [1.82, 2.24) is 0 Å². The second-order valence-electron chi connectivity index (χ2n) is 4.66. The number of hydrogen-bond donors (Lipinski definition) is 0. The van der Waals surface area contributed by atoms with Gasteiger partial charge in [0.25, 0.3) is 0 Å². The smallest absolute Gasteiger partial charge is 0.331 e. The van der Waals surface area contributed by atoms with Crippen LogP contribution in [0.15, 0.2) is 48.5 Å². The highest BCUT2D eigenvalue weighted by Crippen LogP contribution is 2.33. The lowest BCUT2D eigenvalue weighted by Gasteiger charge is -2.12. The Bertz CT molecular complexity index is 720. The summed E-state index contributed by atoms with van der Waals surface area (Å²) in [5.74, 6) is 0.754. The predicted octanol–water partition coefficient (Wildman–Crippen LogP) is 3.96. The molecular formula is C18H17ClO4. The van der Waals surface area contributed by atoms with E-state index in [2.05, 4.69) is 0 Å². The third-order valence-corrected chi connectivity index (χ3v) is 3.57. The standard InChI is InChI=1S/C18H17ClO4/c1-21-16-9-6-13(10-17(16)22-2)15(11-18(20)23-3)12-4-7-14(19)8-5-12/h4-11H,1-3H3/b15-11+. The van der Waals surface area contributed by atoms with Crippen molar-refractivity contribution in [2.45, 2.75) is 0 Å². The number of hydrogen-bond acceptors (Lipinski definition) is 4. The summed E-state index contributed by atoms with van der Waals surface area (Å²) in [6.45, 7) is 0. The Morgan fingerprint density at radius 2 is 1.52 bits per heavy atom. The van der Waals surface area contributed by atoms with Gasteiger partial charge in [0.05, 0.1) is 21.3 Å². The van der Waals surface area contributed by atoms with E-state index in [4.69, 9.17) is 25.8 Å². The van der Waals surface area contributed by atoms with Crippen molar-refractivity contribution in [2.75, 3.05) is 21.3 Å². The zero-order chi connectivity index (χ0) is 16.8. The average molecular weight is 333 g/mol. The van der Waals surface area contributed by atoms with Crippen molar-refractivity contribution in [3.8, 4) is 11.5 Å². The minimum absolute atomic E-state index is 0.440. The molecule has 2 aromatic carbocycles. The molecule has 0 bridgehead atoms. The second kappa shape index (κ2) is 7.70. The first-order chi connectivity index (χ1) is 11.1. The monoisotopic (exact) mass is 332 g/mol. The molecule has 0 N–H and O–H groups in total. The van der Waals surface area contributed by atoms with E-state index in [0.717, 1.165) is 11.1 Å². The zero-order valence-corrected chi connectivity index (χ0v) is 13.9. The van der Waals surface area contributed by atoms with Gasteiger partial charge in [0.2, 0.25) is 0 Å².